The zero-order valence-corrected chi connectivity index (χ0v) is 10.9. The highest BCUT2D eigenvalue weighted by atomic mass is 35.5. The maximum atomic E-state index is 5.96. The van der Waals surface area contributed by atoms with Gasteiger partial charge in [-0.3, -0.25) is 10.3 Å². The third-order valence-electron chi connectivity index (χ3n) is 2.54. The fourth-order valence-electron chi connectivity index (χ4n) is 1.60. The van der Waals surface area contributed by atoms with Crippen molar-refractivity contribution < 1.29 is 4.84 Å². The molecule has 0 aliphatic rings. The minimum atomic E-state index is 0.465. The van der Waals surface area contributed by atoms with Crippen molar-refractivity contribution in [2.45, 2.75) is 13.5 Å². The minimum absolute atomic E-state index is 0.465. The van der Waals surface area contributed by atoms with Crippen LogP contribution in [0.4, 0.5) is 11.4 Å². The number of aryl methyl sites for hydroxylation is 1. The molecule has 4 heteroatoms. The first-order valence-electron chi connectivity index (χ1n) is 5.63. The van der Waals surface area contributed by atoms with E-state index in [1.807, 2.05) is 49.4 Å². The molecule has 0 aliphatic carbocycles. The highest BCUT2D eigenvalue weighted by Crippen LogP contribution is 2.17. The number of nitrogens with one attached hydrogen (secondary N) is 1. The monoisotopic (exact) mass is 262 g/mol. The smallest absolute Gasteiger partial charge is 0.0996 e. The molecule has 2 aromatic rings. The Hall–Kier alpha value is -1.71. The predicted molar refractivity (Wildman–Crippen MR) is 75.5 cm³/mol. The van der Waals surface area contributed by atoms with Crippen molar-refractivity contribution in [2.75, 3.05) is 11.2 Å². The number of rotatable bonds is 4. The quantitative estimate of drug-likeness (QED) is 0.651. The number of anilines is 2. The molecule has 0 saturated carbocycles. The molecule has 0 atom stereocenters. The highest BCUT2D eigenvalue weighted by molar-refractivity contribution is 6.31. The van der Waals surface area contributed by atoms with Gasteiger partial charge in [0, 0.05) is 10.7 Å². The first-order valence-corrected chi connectivity index (χ1v) is 6.01. The number of halogens is 1. The topological polar surface area (TPSA) is 47.3 Å². The molecule has 0 spiro atoms. The van der Waals surface area contributed by atoms with E-state index in [1.54, 1.807) is 0 Å². The molecule has 0 fully saturated rings. The second-order valence-electron chi connectivity index (χ2n) is 4.10. The fraction of sp³-hybridized carbons (Fsp3) is 0.143. The van der Waals surface area contributed by atoms with Crippen LogP contribution in [0.25, 0.3) is 0 Å². The average molecular weight is 263 g/mol. The molecule has 0 amide bonds. The largest absolute Gasteiger partial charge is 0.399 e. The molecule has 0 unspecified atom stereocenters. The van der Waals surface area contributed by atoms with Crippen LogP contribution in [0.1, 0.15) is 11.1 Å². The Morgan fingerprint density at radius 2 is 2.06 bits per heavy atom. The summed E-state index contributed by atoms with van der Waals surface area (Å²) in [5, 5.41) is 0.766. The van der Waals surface area contributed by atoms with Crippen LogP contribution in [0.2, 0.25) is 5.02 Å². The van der Waals surface area contributed by atoms with Crippen LogP contribution in [-0.2, 0) is 11.4 Å². The van der Waals surface area contributed by atoms with Gasteiger partial charge in [-0.25, -0.2) is 0 Å². The summed E-state index contributed by atoms with van der Waals surface area (Å²) in [6.45, 7) is 2.43. The third kappa shape index (κ3) is 3.39. The van der Waals surface area contributed by atoms with E-state index in [0.717, 1.165) is 21.8 Å². The maximum Gasteiger partial charge on any atom is 0.0996 e. The predicted octanol–water partition coefficient (Wildman–Crippen LogP) is 3.77. The first-order chi connectivity index (χ1) is 8.65. The van der Waals surface area contributed by atoms with Gasteiger partial charge in [0.2, 0.25) is 0 Å². The number of benzene rings is 2. The molecule has 3 N–H and O–H groups in total. The lowest BCUT2D eigenvalue weighted by Gasteiger charge is -2.08. The van der Waals surface area contributed by atoms with Crippen molar-refractivity contribution in [1.82, 2.24) is 0 Å². The van der Waals surface area contributed by atoms with Crippen molar-refractivity contribution in [1.29, 1.82) is 0 Å². The molecule has 2 aromatic carbocycles. The number of hydrogen-bond acceptors (Lipinski definition) is 3. The summed E-state index contributed by atoms with van der Waals surface area (Å²) in [6, 6.07) is 13.2. The third-order valence-corrected chi connectivity index (χ3v) is 2.96. The van der Waals surface area contributed by atoms with Gasteiger partial charge in [0.05, 0.1) is 12.3 Å². The fourth-order valence-corrected chi connectivity index (χ4v) is 1.72. The van der Waals surface area contributed by atoms with Crippen molar-refractivity contribution in [2.24, 2.45) is 0 Å². The summed E-state index contributed by atoms with van der Waals surface area (Å²) in [5.74, 6) is 0. The van der Waals surface area contributed by atoms with Gasteiger partial charge in [0.15, 0.2) is 0 Å². The van der Waals surface area contributed by atoms with E-state index in [1.165, 1.54) is 0 Å². The lowest BCUT2D eigenvalue weighted by atomic mass is 10.1. The van der Waals surface area contributed by atoms with E-state index in [0.29, 0.717) is 12.3 Å². The molecule has 0 bridgehead atoms. The molecule has 3 nitrogen and oxygen atoms in total. The molecule has 0 aromatic heterocycles. The van der Waals surface area contributed by atoms with E-state index in [4.69, 9.17) is 22.2 Å². The molecule has 94 valence electrons. The molecular formula is C14H15ClN2O. The first kappa shape index (κ1) is 12.7. The Labute approximate surface area is 111 Å². The Morgan fingerprint density at radius 1 is 1.22 bits per heavy atom. The summed E-state index contributed by atoms with van der Waals surface area (Å²) in [6.07, 6.45) is 0. The van der Waals surface area contributed by atoms with Crippen LogP contribution >= 0.6 is 11.6 Å². The van der Waals surface area contributed by atoms with E-state index in [-0.39, 0.29) is 0 Å². The van der Waals surface area contributed by atoms with Gasteiger partial charge in [0.25, 0.3) is 0 Å². The highest BCUT2D eigenvalue weighted by Gasteiger charge is 1.98. The summed E-state index contributed by atoms with van der Waals surface area (Å²) in [7, 11) is 0. The Morgan fingerprint density at radius 3 is 2.78 bits per heavy atom. The molecule has 2 rings (SSSR count). The standard InChI is InChI=1S/C14H15ClN2O/c1-10-7-11(5-6-14(10)15)9-18-17-13-4-2-3-12(16)8-13/h2-8,17H,9,16H2,1H3. The van der Waals surface area contributed by atoms with Gasteiger partial charge in [-0.05, 0) is 42.3 Å². The molecule has 0 aliphatic heterocycles. The Kier molecular flexibility index (Phi) is 4.07. The number of nitrogens with two attached hydrogens (primary N) is 1. The van der Waals surface area contributed by atoms with Crippen molar-refractivity contribution in [3.8, 4) is 0 Å². The number of nitrogen functional groups attached to an aromatic ring is 1. The Bertz CT molecular complexity index is 543. The van der Waals surface area contributed by atoms with E-state index in [2.05, 4.69) is 5.48 Å². The molecule has 0 radical (unpaired) electrons. The number of hydrogen-bond donors (Lipinski definition) is 2. The second-order valence-corrected chi connectivity index (χ2v) is 4.51. The van der Waals surface area contributed by atoms with Crippen molar-refractivity contribution >= 4 is 23.0 Å². The summed E-state index contributed by atoms with van der Waals surface area (Å²) >= 11 is 5.96. The summed E-state index contributed by atoms with van der Waals surface area (Å²) < 4.78 is 0. The Balaban J connectivity index is 1.90. The molecule has 18 heavy (non-hydrogen) atoms. The van der Waals surface area contributed by atoms with Crippen LogP contribution in [0, 0.1) is 6.92 Å². The van der Waals surface area contributed by atoms with Crippen LogP contribution in [-0.4, -0.2) is 0 Å². The van der Waals surface area contributed by atoms with Gasteiger partial charge >= 0.3 is 0 Å². The van der Waals surface area contributed by atoms with Gasteiger partial charge in [0.1, 0.15) is 0 Å². The van der Waals surface area contributed by atoms with E-state index in [9.17, 15) is 0 Å². The lowest BCUT2D eigenvalue weighted by molar-refractivity contribution is 0.180. The lowest BCUT2D eigenvalue weighted by Crippen LogP contribution is -2.02. The van der Waals surface area contributed by atoms with Gasteiger partial charge in [-0.1, -0.05) is 29.8 Å². The van der Waals surface area contributed by atoms with E-state index >= 15 is 0 Å². The van der Waals surface area contributed by atoms with Crippen LogP contribution in [0.5, 0.6) is 0 Å². The summed E-state index contributed by atoms with van der Waals surface area (Å²) in [5.41, 5.74) is 12.2. The van der Waals surface area contributed by atoms with Gasteiger partial charge < -0.3 is 5.73 Å². The second kappa shape index (κ2) is 5.76. The van der Waals surface area contributed by atoms with Crippen LogP contribution in [0.15, 0.2) is 42.5 Å². The molecular weight excluding hydrogens is 248 g/mol. The zero-order valence-electron chi connectivity index (χ0n) is 10.1. The van der Waals surface area contributed by atoms with Gasteiger partial charge in [-0.15, -0.1) is 0 Å². The minimum Gasteiger partial charge on any atom is -0.399 e. The normalized spacial score (nSPS) is 10.3. The average Bonchev–Trinajstić information content (AvgIpc) is 2.34. The SMILES string of the molecule is Cc1cc(CONc2cccc(N)c2)ccc1Cl. The summed E-state index contributed by atoms with van der Waals surface area (Å²) in [4.78, 5) is 5.41. The van der Waals surface area contributed by atoms with Gasteiger partial charge in [-0.2, -0.15) is 0 Å². The van der Waals surface area contributed by atoms with E-state index < -0.39 is 0 Å². The van der Waals surface area contributed by atoms with Crippen molar-refractivity contribution in [3.63, 3.8) is 0 Å². The van der Waals surface area contributed by atoms with Crippen LogP contribution in [0.3, 0.4) is 0 Å². The maximum absolute atomic E-state index is 5.96. The van der Waals surface area contributed by atoms with Crippen molar-refractivity contribution in [3.05, 3.63) is 58.6 Å². The molecule has 0 heterocycles. The molecule has 0 saturated heterocycles. The zero-order chi connectivity index (χ0) is 13.0. The van der Waals surface area contributed by atoms with Crippen LogP contribution < -0.4 is 11.2 Å².